The molecule has 0 unspecified atom stereocenters. The number of anilines is 1. The quantitative estimate of drug-likeness (QED) is 0.934. The van der Waals surface area contributed by atoms with Crippen molar-refractivity contribution in [2.75, 3.05) is 18.8 Å². The molecule has 1 aromatic heterocycles. The summed E-state index contributed by atoms with van der Waals surface area (Å²) in [6.07, 6.45) is 0. The molecule has 18 heavy (non-hydrogen) atoms. The first-order valence-corrected chi connectivity index (χ1v) is 7.52. The second kappa shape index (κ2) is 5.05. The Morgan fingerprint density at radius 2 is 1.89 bits per heavy atom. The van der Waals surface area contributed by atoms with Crippen molar-refractivity contribution in [3.8, 4) is 11.3 Å². The molecule has 0 saturated heterocycles. The second-order valence-electron chi connectivity index (χ2n) is 3.79. The molecule has 2 rings (SSSR count). The first kappa shape index (κ1) is 13.0. The summed E-state index contributed by atoms with van der Waals surface area (Å²) in [5.74, 6) is 0. The average Bonchev–Trinajstić information content (AvgIpc) is 2.78. The molecule has 0 amide bonds. The van der Waals surface area contributed by atoms with Crippen molar-refractivity contribution in [1.29, 1.82) is 0 Å². The van der Waals surface area contributed by atoms with Gasteiger partial charge in [-0.3, -0.25) is 0 Å². The molecule has 1 aromatic carbocycles. The van der Waals surface area contributed by atoms with Crippen molar-refractivity contribution in [3.63, 3.8) is 0 Å². The van der Waals surface area contributed by atoms with E-state index in [2.05, 4.69) is 9.71 Å². The normalized spacial score (nSPS) is 11.7. The van der Waals surface area contributed by atoms with E-state index in [-0.39, 0.29) is 0 Å². The highest BCUT2D eigenvalue weighted by atomic mass is 32.2. The lowest BCUT2D eigenvalue weighted by molar-refractivity contribution is 0.527. The third-order valence-electron chi connectivity index (χ3n) is 2.27. The zero-order valence-electron chi connectivity index (χ0n) is 9.99. The molecule has 0 saturated carbocycles. The van der Waals surface area contributed by atoms with E-state index in [1.54, 1.807) is 0 Å². The molecule has 2 aromatic rings. The molecule has 0 atom stereocenters. The van der Waals surface area contributed by atoms with Crippen molar-refractivity contribution < 1.29 is 8.42 Å². The third-order valence-corrected chi connectivity index (χ3v) is 4.57. The Morgan fingerprint density at radius 1 is 1.22 bits per heavy atom. The summed E-state index contributed by atoms with van der Waals surface area (Å²) in [6.45, 7) is 0. The predicted molar refractivity (Wildman–Crippen MR) is 73.8 cm³/mol. The van der Waals surface area contributed by atoms with E-state index < -0.39 is 10.2 Å². The molecule has 7 heteroatoms. The highest BCUT2D eigenvalue weighted by Crippen LogP contribution is 2.25. The van der Waals surface area contributed by atoms with E-state index in [1.165, 1.54) is 25.4 Å². The van der Waals surface area contributed by atoms with Gasteiger partial charge in [0, 0.05) is 25.0 Å². The van der Waals surface area contributed by atoms with Gasteiger partial charge in [-0.05, 0) is 0 Å². The summed E-state index contributed by atoms with van der Waals surface area (Å²) in [6, 6.07) is 9.61. The fourth-order valence-electron chi connectivity index (χ4n) is 1.26. The van der Waals surface area contributed by atoms with Crippen molar-refractivity contribution in [2.24, 2.45) is 0 Å². The molecule has 96 valence electrons. The lowest BCUT2D eigenvalue weighted by Crippen LogP contribution is -2.28. The molecular weight excluding hydrogens is 270 g/mol. The van der Waals surface area contributed by atoms with Gasteiger partial charge in [0.2, 0.25) is 0 Å². The zero-order valence-corrected chi connectivity index (χ0v) is 11.6. The maximum atomic E-state index is 11.6. The van der Waals surface area contributed by atoms with Gasteiger partial charge in [-0.15, -0.1) is 11.3 Å². The lowest BCUT2D eigenvalue weighted by atomic mass is 10.2. The molecule has 0 aliphatic carbocycles. The molecule has 0 radical (unpaired) electrons. The Bertz CT molecular complexity index is 621. The molecule has 5 nitrogen and oxygen atoms in total. The van der Waals surface area contributed by atoms with Gasteiger partial charge in [0.1, 0.15) is 0 Å². The number of rotatable bonds is 4. The number of hydrogen-bond acceptors (Lipinski definition) is 4. The summed E-state index contributed by atoms with van der Waals surface area (Å²) in [5.41, 5.74) is 1.72. The number of aromatic nitrogens is 1. The Hall–Kier alpha value is -1.44. The fraction of sp³-hybridized carbons (Fsp3) is 0.182. The molecule has 1 heterocycles. The van der Waals surface area contributed by atoms with Crippen molar-refractivity contribution in [1.82, 2.24) is 9.29 Å². The van der Waals surface area contributed by atoms with Crippen LogP contribution in [-0.4, -0.2) is 31.8 Å². The number of nitrogens with zero attached hydrogens (tertiary/aromatic N) is 2. The van der Waals surface area contributed by atoms with Crippen LogP contribution in [-0.2, 0) is 10.2 Å². The fourth-order valence-corrected chi connectivity index (χ4v) is 2.78. The van der Waals surface area contributed by atoms with Crippen molar-refractivity contribution in [3.05, 3.63) is 35.7 Å². The molecule has 0 aliphatic rings. The topological polar surface area (TPSA) is 62.3 Å². The summed E-state index contributed by atoms with van der Waals surface area (Å²) in [5, 5.41) is 2.19. The Morgan fingerprint density at radius 3 is 2.50 bits per heavy atom. The minimum Gasteiger partial charge on any atom is -0.246 e. The summed E-state index contributed by atoms with van der Waals surface area (Å²) < 4.78 is 26.8. The first-order valence-electron chi connectivity index (χ1n) is 5.20. The van der Waals surface area contributed by atoms with Gasteiger partial charge in [-0.1, -0.05) is 30.3 Å². The van der Waals surface area contributed by atoms with Crippen molar-refractivity contribution in [2.45, 2.75) is 0 Å². The van der Waals surface area contributed by atoms with E-state index in [0.717, 1.165) is 15.6 Å². The summed E-state index contributed by atoms with van der Waals surface area (Å²) in [4.78, 5) is 4.25. The van der Waals surface area contributed by atoms with E-state index in [1.807, 2.05) is 35.7 Å². The summed E-state index contributed by atoms with van der Waals surface area (Å²) in [7, 11) is -0.556. The molecular formula is C11H13N3O2S2. The minimum atomic E-state index is -3.49. The van der Waals surface area contributed by atoms with Crippen LogP contribution in [0.25, 0.3) is 11.3 Å². The van der Waals surface area contributed by atoms with Gasteiger partial charge in [-0.25, -0.2) is 9.71 Å². The van der Waals surface area contributed by atoms with Crippen LogP contribution >= 0.6 is 11.3 Å². The second-order valence-corrected chi connectivity index (χ2v) is 6.54. The van der Waals surface area contributed by atoms with Crippen LogP contribution in [0.15, 0.2) is 35.7 Å². The van der Waals surface area contributed by atoms with Gasteiger partial charge < -0.3 is 0 Å². The molecule has 0 bridgehead atoms. The van der Waals surface area contributed by atoms with Crippen LogP contribution in [0.4, 0.5) is 5.13 Å². The Kier molecular flexibility index (Phi) is 3.65. The van der Waals surface area contributed by atoms with Gasteiger partial charge in [0.25, 0.3) is 0 Å². The highest BCUT2D eigenvalue weighted by molar-refractivity contribution is 7.90. The monoisotopic (exact) mass is 283 g/mol. The van der Waals surface area contributed by atoms with E-state index in [0.29, 0.717) is 5.13 Å². The number of nitrogens with one attached hydrogen (secondary N) is 1. The van der Waals surface area contributed by atoms with Crippen LogP contribution in [0.5, 0.6) is 0 Å². The summed E-state index contributed by atoms with van der Waals surface area (Å²) >= 11 is 1.26. The molecule has 1 N–H and O–H groups in total. The number of hydrogen-bond donors (Lipinski definition) is 1. The first-order chi connectivity index (χ1) is 8.49. The van der Waals surface area contributed by atoms with Crippen molar-refractivity contribution >= 4 is 26.7 Å². The van der Waals surface area contributed by atoms with E-state index >= 15 is 0 Å². The minimum absolute atomic E-state index is 0.363. The number of benzene rings is 1. The largest absolute Gasteiger partial charge is 0.302 e. The third kappa shape index (κ3) is 2.87. The highest BCUT2D eigenvalue weighted by Gasteiger charge is 2.15. The van der Waals surface area contributed by atoms with Gasteiger partial charge in [0.05, 0.1) is 5.69 Å². The molecule has 0 spiro atoms. The van der Waals surface area contributed by atoms with Crippen LogP contribution in [0, 0.1) is 0 Å². The van der Waals surface area contributed by atoms with Crippen LogP contribution in [0.3, 0.4) is 0 Å². The maximum Gasteiger partial charge on any atom is 0.302 e. The molecule has 0 aliphatic heterocycles. The van der Waals surface area contributed by atoms with E-state index in [9.17, 15) is 8.42 Å². The van der Waals surface area contributed by atoms with Gasteiger partial charge >= 0.3 is 10.2 Å². The molecule has 0 fully saturated rings. The zero-order chi connectivity index (χ0) is 13.2. The lowest BCUT2D eigenvalue weighted by Gasteiger charge is -2.10. The van der Waals surface area contributed by atoms with Crippen LogP contribution in [0.1, 0.15) is 0 Å². The SMILES string of the molecule is CN(C)S(=O)(=O)Nc1nc(-c2ccccc2)cs1. The smallest absolute Gasteiger partial charge is 0.246 e. The van der Waals surface area contributed by atoms with Crippen LogP contribution in [0.2, 0.25) is 0 Å². The van der Waals surface area contributed by atoms with E-state index in [4.69, 9.17) is 0 Å². The number of thiazole rings is 1. The predicted octanol–water partition coefficient (Wildman–Crippen LogP) is 2.03. The van der Waals surface area contributed by atoms with Gasteiger partial charge in [0.15, 0.2) is 5.13 Å². The Labute approximate surface area is 110 Å². The van der Waals surface area contributed by atoms with Gasteiger partial charge in [-0.2, -0.15) is 12.7 Å². The van der Waals surface area contributed by atoms with Crippen LogP contribution < -0.4 is 4.72 Å². The standard InChI is InChI=1S/C11H13N3O2S2/c1-14(2)18(15,16)13-11-12-10(8-17-11)9-6-4-3-5-7-9/h3-8H,1-2H3,(H,12,13). The average molecular weight is 283 g/mol. The maximum absolute atomic E-state index is 11.6. The Balaban J connectivity index is 2.22.